The molecule has 1 aliphatic carbocycles. The van der Waals surface area contributed by atoms with Crippen LogP contribution in [0, 0.1) is 10.5 Å². The molecule has 0 bridgehead atoms. The van der Waals surface area contributed by atoms with Crippen molar-refractivity contribution in [2.24, 2.45) is 5.73 Å². The van der Waals surface area contributed by atoms with Crippen molar-refractivity contribution in [3.05, 3.63) is 32.4 Å². The summed E-state index contributed by atoms with van der Waals surface area (Å²) < 4.78 is 1.34. The Labute approximate surface area is 92.9 Å². The summed E-state index contributed by atoms with van der Waals surface area (Å²) in [6.07, 6.45) is 3.60. The van der Waals surface area contributed by atoms with Gasteiger partial charge in [0, 0.05) is 9.61 Å². The number of nitrogens with two attached hydrogens (primary N) is 1. The lowest BCUT2D eigenvalue weighted by atomic mass is 9.87. The fourth-order valence-electron chi connectivity index (χ4n) is 1.99. The van der Waals surface area contributed by atoms with E-state index in [9.17, 15) is 0 Å². The Morgan fingerprint density at radius 3 is 3.00 bits per heavy atom. The molecule has 0 unspecified atom stereocenters. The van der Waals surface area contributed by atoms with E-state index in [1.165, 1.54) is 33.1 Å². The number of fused-ring (bicyclic) bond motifs is 1. The molecular weight excluding hydrogens is 273 g/mol. The van der Waals surface area contributed by atoms with Crippen LogP contribution >= 0.6 is 22.6 Å². The molecule has 0 saturated heterocycles. The molecule has 0 fully saturated rings. The molecule has 13 heavy (non-hydrogen) atoms. The van der Waals surface area contributed by atoms with Crippen molar-refractivity contribution in [2.45, 2.75) is 32.2 Å². The third-order valence-corrected chi connectivity index (χ3v) is 3.94. The zero-order valence-electron chi connectivity index (χ0n) is 7.81. The molecule has 2 N–H and O–H groups in total. The summed E-state index contributed by atoms with van der Waals surface area (Å²) in [4.78, 5) is 0. The van der Waals surface area contributed by atoms with Gasteiger partial charge >= 0.3 is 0 Å². The van der Waals surface area contributed by atoms with Crippen molar-refractivity contribution in [1.82, 2.24) is 0 Å². The van der Waals surface area contributed by atoms with Crippen LogP contribution < -0.4 is 5.73 Å². The molecule has 0 saturated carbocycles. The summed E-state index contributed by atoms with van der Waals surface area (Å²) in [6.45, 7) is 2.17. The fraction of sp³-hybridized carbons (Fsp3) is 0.455. The van der Waals surface area contributed by atoms with Crippen LogP contribution in [-0.4, -0.2) is 0 Å². The van der Waals surface area contributed by atoms with Crippen LogP contribution in [0.1, 0.15) is 35.6 Å². The van der Waals surface area contributed by atoms with Gasteiger partial charge in [-0.05, 0) is 71.5 Å². The highest BCUT2D eigenvalue weighted by molar-refractivity contribution is 14.1. The van der Waals surface area contributed by atoms with Crippen LogP contribution in [0.3, 0.4) is 0 Å². The third kappa shape index (κ3) is 1.74. The van der Waals surface area contributed by atoms with Gasteiger partial charge in [0.2, 0.25) is 0 Å². The van der Waals surface area contributed by atoms with E-state index in [0.717, 1.165) is 6.42 Å². The third-order valence-electron chi connectivity index (χ3n) is 2.78. The van der Waals surface area contributed by atoms with Gasteiger partial charge in [0.25, 0.3) is 0 Å². The van der Waals surface area contributed by atoms with Gasteiger partial charge in [0.05, 0.1) is 0 Å². The molecule has 0 heterocycles. The van der Waals surface area contributed by atoms with Crippen LogP contribution in [0.4, 0.5) is 0 Å². The van der Waals surface area contributed by atoms with Crippen LogP contribution in [0.15, 0.2) is 12.1 Å². The molecular formula is C11H14IN. The minimum absolute atomic E-state index is 0.276. The molecule has 0 radical (unpaired) electrons. The largest absolute Gasteiger partial charge is 0.324 e. The number of rotatable bonds is 0. The average Bonchev–Trinajstić information content (AvgIpc) is 2.09. The van der Waals surface area contributed by atoms with E-state index >= 15 is 0 Å². The van der Waals surface area contributed by atoms with Crippen LogP contribution in [0.25, 0.3) is 0 Å². The van der Waals surface area contributed by atoms with E-state index in [1.54, 1.807) is 0 Å². The zero-order valence-corrected chi connectivity index (χ0v) is 9.97. The van der Waals surface area contributed by atoms with Gasteiger partial charge in [-0.3, -0.25) is 0 Å². The molecule has 1 aliphatic rings. The second-order valence-electron chi connectivity index (χ2n) is 3.80. The van der Waals surface area contributed by atoms with Gasteiger partial charge in [0.15, 0.2) is 0 Å². The van der Waals surface area contributed by atoms with Crippen molar-refractivity contribution < 1.29 is 0 Å². The highest BCUT2D eigenvalue weighted by Crippen LogP contribution is 2.30. The maximum Gasteiger partial charge on any atom is 0.0298 e. The van der Waals surface area contributed by atoms with E-state index in [-0.39, 0.29) is 6.04 Å². The smallest absolute Gasteiger partial charge is 0.0298 e. The van der Waals surface area contributed by atoms with Crippen molar-refractivity contribution >= 4 is 22.6 Å². The first kappa shape index (κ1) is 9.46. The minimum Gasteiger partial charge on any atom is -0.324 e. The monoisotopic (exact) mass is 287 g/mol. The van der Waals surface area contributed by atoms with Gasteiger partial charge in [0.1, 0.15) is 0 Å². The SMILES string of the molecule is Cc1cc2c(cc1I)[C@H](N)CCC2. The molecule has 1 aromatic rings. The number of hydrogen-bond donors (Lipinski definition) is 1. The van der Waals surface area contributed by atoms with Gasteiger partial charge in [-0.15, -0.1) is 0 Å². The summed E-state index contributed by atoms with van der Waals surface area (Å²) in [5.41, 5.74) is 10.3. The Balaban J connectivity index is 2.52. The van der Waals surface area contributed by atoms with Crippen LogP contribution in [0.2, 0.25) is 0 Å². The summed E-state index contributed by atoms with van der Waals surface area (Å²) in [7, 11) is 0. The average molecular weight is 287 g/mol. The molecule has 0 aliphatic heterocycles. The quantitative estimate of drug-likeness (QED) is 0.729. The second-order valence-corrected chi connectivity index (χ2v) is 4.96. The highest BCUT2D eigenvalue weighted by atomic mass is 127. The summed E-state index contributed by atoms with van der Waals surface area (Å²) in [6, 6.07) is 4.84. The lowest BCUT2D eigenvalue weighted by molar-refractivity contribution is 0.569. The summed E-state index contributed by atoms with van der Waals surface area (Å²) >= 11 is 2.38. The molecule has 2 rings (SSSR count). The molecule has 0 spiro atoms. The molecule has 0 aromatic heterocycles. The molecule has 1 atom stereocenters. The first-order valence-corrected chi connectivity index (χ1v) is 5.81. The van der Waals surface area contributed by atoms with Crippen molar-refractivity contribution in [3.8, 4) is 0 Å². The fourth-order valence-corrected chi connectivity index (χ4v) is 2.48. The standard InChI is InChI=1S/C11H14IN/c1-7-5-8-3-2-4-11(13)9(8)6-10(7)12/h5-6,11H,2-4,13H2,1H3/t11-/m1/s1. The summed E-state index contributed by atoms with van der Waals surface area (Å²) in [5, 5.41) is 0. The number of hydrogen-bond acceptors (Lipinski definition) is 1. The van der Waals surface area contributed by atoms with Crippen molar-refractivity contribution in [1.29, 1.82) is 0 Å². The topological polar surface area (TPSA) is 26.0 Å². The van der Waals surface area contributed by atoms with E-state index in [1.807, 2.05) is 0 Å². The highest BCUT2D eigenvalue weighted by Gasteiger charge is 2.17. The maximum atomic E-state index is 6.06. The van der Waals surface area contributed by atoms with Gasteiger partial charge < -0.3 is 5.73 Å². The first-order valence-electron chi connectivity index (χ1n) is 4.73. The van der Waals surface area contributed by atoms with E-state index in [2.05, 4.69) is 41.6 Å². The second kappa shape index (κ2) is 3.58. The predicted octanol–water partition coefficient (Wildman–Crippen LogP) is 2.94. The van der Waals surface area contributed by atoms with Crippen LogP contribution in [0.5, 0.6) is 0 Å². The van der Waals surface area contributed by atoms with Gasteiger partial charge in [-0.25, -0.2) is 0 Å². The number of aryl methyl sites for hydroxylation is 2. The van der Waals surface area contributed by atoms with Gasteiger partial charge in [-0.1, -0.05) is 6.07 Å². The Kier molecular flexibility index (Phi) is 2.60. The van der Waals surface area contributed by atoms with E-state index in [0.29, 0.717) is 0 Å². The molecule has 0 amide bonds. The Bertz CT molecular complexity index is 333. The number of benzene rings is 1. The maximum absolute atomic E-state index is 6.06. The molecule has 1 nitrogen and oxygen atoms in total. The first-order chi connectivity index (χ1) is 6.18. The molecule has 2 heteroatoms. The zero-order chi connectivity index (χ0) is 9.42. The number of halogens is 1. The predicted molar refractivity (Wildman–Crippen MR) is 63.8 cm³/mol. The van der Waals surface area contributed by atoms with Crippen molar-refractivity contribution in [2.75, 3.05) is 0 Å². The normalized spacial score (nSPS) is 21.3. The van der Waals surface area contributed by atoms with E-state index in [4.69, 9.17) is 5.73 Å². The van der Waals surface area contributed by atoms with Gasteiger partial charge in [-0.2, -0.15) is 0 Å². The lowest BCUT2D eigenvalue weighted by Gasteiger charge is -2.23. The lowest BCUT2D eigenvalue weighted by Crippen LogP contribution is -2.17. The van der Waals surface area contributed by atoms with Crippen LogP contribution in [-0.2, 0) is 6.42 Å². The Morgan fingerprint density at radius 2 is 2.23 bits per heavy atom. The Hall–Kier alpha value is -0.0900. The van der Waals surface area contributed by atoms with E-state index < -0.39 is 0 Å². The summed E-state index contributed by atoms with van der Waals surface area (Å²) in [5.74, 6) is 0. The van der Waals surface area contributed by atoms with Crippen molar-refractivity contribution in [3.63, 3.8) is 0 Å². The minimum atomic E-state index is 0.276. The Morgan fingerprint density at radius 1 is 1.46 bits per heavy atom. The molecule has 1 aromatic carbocycles. The molecule has 70 valence electrons.